The number of nitrogens with two attached hydrogens (primary N) is 2. The van der Waals surface area contributed by atoms with Crippen LogP contribution in [-0.4, -0.2) is 29.2 Å². The maximum atomic E-state index is 6.56. The van der Waals surface area contributed by atoms with Gasteiger partial charge >= 0.3 is 0 Å². The first-order valence-electron chi connectivity index (χ1n) is 9.53. The number of hydrogen-bond acceptors (Lipinski definition) is 6. The molecular formula is C21H24ClN5O. The Morgan fingerprint density at radius 1 is 1.07 bits per heavy atom. The van der Waals surface area contributed by atoms with Crippen LogP contribution in [0.4, 0.5) is 11.8 Å². The number of piperidine rings is 1. The number of benzene rings is 2. The number of fused-ring (bicyclic) bond motifs is 1. The molecule has 1 aliphatic heterocycles. The average molecular weight is 398 g/mol. The topological polar surface area (TPSA) is 99.1 Å². The van der Waals surface area contributed by atoms with Crippen LogP contribution in [-0.2, 0) is 6.42 Å². The molecule has 1 fully saturated rings. The maximum absolute atomic E-state index is 6.56. The number of nitrogens with one attached hydrogen (secondary N) is 1. The van der Waals surface area contributed by atoms with Crippen molar-refractivity contribution in [3.8, 4) is 5.75 Å². The summed E-state index contributed by atoms with van der Waals surface area (Å²) in [5.41, 5.74) is 13.8. The van der Waals surface area contributed by atoms with Gasteiger partial charge in [0.2, 0.25) is 5.95 Å². The third-order valence-corrected chi connectivity index (χ3v) is 5.52. The van der Waals surface area contributed by atoms with Gasteiger partial charge < -0.3 is 21.5 Å². The van der Waals surface area contributed by atoms with Gasteiger partial charge in [-0.25, -0.2) is 4.98 Å². The zero-order valence-electron chi connectivity index (χ0n) is 15.6. The molecule has 1 atom stereocenters. The molecule has 0 amide bonds. The Hall–Kier alpha value is -2.57. The van der Waals surface area contributed by atoms with Gasteiger partial charge in [-0.1, -0.05) is 29.8 Å². The lowest BCUT2D eigenvalue weighted by Gasteiger charge is -2.31. The van der Waals surface area contributed by atoms with E-state index in [1.54, 1.807) is 0 Å². The number of rotatable bonds is 5. The van der Waals surface area contributed by atoms with E-state index in [2.05, 4.69) is 27.4 Å². The first-order valence-corrected chi connectivity index (χ1v) is 9.91. The predicted octanol–water partition coefficient (Wildman–Crippen LogP) is 3.44. The minimum absolute atomic E-state index is 0.0193. The Kier molecular flexibility index (Phi) is 5.50. The molecule has 5 N–H and O–H groups in total. The molecule has 1 unspecified atom stereocenters. The molecule has 1 saturated heterocycles. The highest BCUT2D eigenvalue weighted by Gasteiger charge is 2.26. The molecule has 0 saturated carbocycles. The molecule has 146 valence electrons. The molecule has 1 aromatic heterocycles. The minimum atomic E-state index is 0.0193. The van der Waals surface area contributed by atoms with Crippen LogP contribution in [0, 0.1) is 5.92 Å². The van der Waals surface area contributed by atoms with Crippen LogP contribution in [0.2, 0.25) is 5.02 Å². The molecule has 0 bridgehead atoms. The minimum Gasteiger partial charge on any atom is -0.489 e. The van der Waals surface area contributed by atoms with E-state index in [1.807, 2.05) is 30.3 Å². The summed E-state index contributed by atoms with van der Waals surface area (Å²) in [6.07, 6.45) is 2.96. The number of nitrogen functional groups attached to an aromatic ring is 2. The van der Waals surface area contributed by atoms with Gasteiger partial charge in [0, 0.05) is 11.4 Å². The Bertz CT molecular complexity index is 957. The Morgan fingerprint density at radius 2 is 1.82 bits per heavy atom. The fourth-order valence-corrected chi connectivity index (χ4v) is 3.96. The van der Waals surface area contributed by atoms with Gasteiger partial charge in [-0.05, 0) is 61.7 Å². The highest BCUT2D eigenvalue weighted by Crippen LogP contribution is 2.33. The lowest BCUT2D eigenvalue weighted by molar-refractivity contribution is 0.113. The summed E-state index contributed by atoms with van der Waals surface area (Å²) >= 11 is 6.04. The predicted molar refractivity (Wildman–Crippen MR) is 114 cm³/mol. The smallest absolute Gasteiger partial charge is 0.222 e. The molecule has 0 radical (unpaired) electrons. The van der Waals surface area contributed by atoms with E-state index in [0.717, 1.165) is 37.4 Å². The fraction of sp³-hybridized carbons (Fsp3) is 0.333. The zero-order chi connectivity index (χ0) is 19.5. The lowest BCUT2D eigenvalue weighted by Crippen LogP contribution is -2.38. The van der Waals surface area contributed by atoms with Crippen LogP contribution in [0.25, 0.3) is 10.9 Å². The largest absolute Gasteiger partial charge is 0.489 e. The van der Waals surface area contributed by atoms with Crippen LogP contribution in [0.3, 0.4) is 0 Å². The summed E-state index contributed by atoms with van der Waals surface area (Å²) in [5.74, 6) is 1.66. The summed E-state index contributed by atoms with van der Waals surface area (Å²) in [5, 5.41) is 4.87. The van der Waals surface area contributed by atoms with E-state index in [1.165, 1.54) is 5.56 Å². The summed E-state index contributed by atoms with van der Waals surface area (Å²) in [4.78, 5) is 8.41. The van der Waals surface area contributed by atoms with Gasteiger partial charge in [-0.2, -0.15) is 4.98 Å². The van der Waals surface area contributed by atoms with Crippen molar-refractivity contribution in [2.45, 2.75) is 25.4 Å². The van der Waals surface area contributed by atoms with E-state index >= 15 is 0 Å². The van der Waals surface area contributed by atoms with Crippen LogP contribution < -0.4 is 21.5 Å². The standard InChI is InChI=1S/C21H24ClN5O/c22-15-6-4-13(5-7-15)12-18(14-8-10-25-11-9-14)28-17-3-1-2-16-19(17)20(23)27-21(24)26-16/h1-7,14,18,25H,8-12H2,(H4,23,24,26,27). The molecule has 0 aliphatic carbocycles. The van der Waals surface area contributed by atoms with Crippen molar-refractivity contribution in [1.82, 2.24) is 15.3 Å². The van der Waals surface area contributed by atoms with E-state index in [0.29, 0.717) is 28.4 Å². The SMILES string of the molecule is Nc1nc(N)c2c(OC(Cc3ccc(Cl)cc3)C3CCNCC3)cccc2n1. The van der Waals surface area contributed by atoms with Gasteiger partial charge in [0.15, 0.2) is 0 Å². The van der Waals surface area contributed by atoms with Crippen LogP contribution in [0.15, 0.2) is 42.5 Å². The second-order valence-electron chi connectivity index (χ2n) is 7.19. The first kappa shape index (κ1) is 18.8. The van der Waals surface area contributed by atoms with E-state index in [-0.39, 0.29) is 12.1 Å². The molecule has 28 heavy (non-hydrogen) atoms. The zero-order valence-corrected chi connectivity index (χ0v) is 16.3. The first-order chi connectivity index (χ1) is 13.6. The number of hydrogen-bond donors (Lipinski definition) is 3. The van der Waals surface area contributed by atoms with Crippen molar-refractivity contribution in [2.24, 2.45) is 5.92 Å². The highest BCUT2D eigenvalue weighted by molar-refractivity contribution is 6.30. The summed E-state index contributed by atoms with van der Waals surface area (Å²) in [6, 6.07) is 13.7. The van der Waals surface area contributed by atoms with Gasteiger partial charge in [-0.3, -0.25) is 0 Å². The van der Waals surface area contributed by atoms with Crippen LogP contribution in [0.5, 0.6) is 5.75 Å². The Balaban J connectivity index is 1.67. The molecule has 2 aromatic carbocycles. The van der Waals surface area contributed by atoms with Gasteiger partial charge in [-0.15, -0.1) is 0 Å². The van der Waals surface area contributed by atoms with Crippen molar-refractivity contribution < 1.29 is 4.74 Å². The molecule has 0 spiro atoms. The molecule has 1 aliphatic rings. The average Bonchev–Trinajstić information content (AvgIpc) is 2.69. The second kappa shape index (κ2) is 8.20. The third-order valence-electron chi connectivity index (χ3n) is 5.27. The third kappa shape index (κ3) is 4.13. The summed E-state index contributed by atoms with van der Waals surface area (Å²) in [6.45, 7) is 2.00. The van der Waals surface area contributed by atoms with Gasteiger partial charge in [0.25, 0.3) is 0 Å². The number of anilines is 2. The Morgan fingerprint density at radius 3 is 2.57 bits per heavy atom. The monoisotopic (exact) mass is 397 g/mol. The highest BCUT2D eigenvalue weighted by atomic mass is 35.5. The summed E-state index contributed by atoms with van der Waals surface area (Å²) < 4.78 is 6.56. The number of ether oxygens (including phenoxy) is 1. The quantitative estimate of drug-likeness (QED) is 0.610. The van der Waals surface area contributed by atoms with Crippen molar-refractivity contribution in [2.75, 3.05) is 24.6 Å². The van der Waals surface area contributed by atoms with Gasteiger partial charge in [0.1, 0.15) is 17.7 Å². The maximum Gasteiger partial charge on any atom is 0.222 e. The summed E-state index contributed by atoms with van der Waals surface area (Å²) in [7, 11) is 0. The fourth-order valence-electron chi connectivity index (χ4n) is 3.83. The molecular weight excluding hydrogens is 374 g/mol. The van der Waals surface area contributed by atoms with Crippen molar-refractivity contribution in [3.05, 3.63) is 53.1 Å². The van der Waals surface area contributed by atoms with Gasteiger partial charge in [0.05, 0.1) is 10.9 Å². The van der Waals surface area contributed by atoms with Crippen LogP contribution in [0.1, 0.15) is 18.4 Å². The van der Waals surface area contributed by atoms with Crippen molar-refractivity contribution in [3.63, 3.8) is 0 Å². The second-order valence-corrected chi connectivity index (χ2v) is 7.63. The molecule has 3 aromatic rings. The van der Waals surface area contributed by atoms with E-state index < -0.39 is 0 Å². The molecule has 6 nitrogen and oxygen atoms in total. The number of halogens is 1. The molecule has 7 heteroatoms. The van der Waals surface area contributed by atoms with Crippen molar-refractivity contribution >= 4 is 34.3 Å². The van der Waals surface area contributed by atoms with Crippen molar-refractivity contribution in [1.29, 1.82) is 0 Å². The Labute approximate surface area is 169 Å². The number of aromatic nitrogens is 2. The molecule has 4 rings (SSSR count). The van der Waals surface area contributed by atoms with Crippen LogP contribution >= 0.6 is 11.6 Å². The normalized spacial score (nSPS) is 16.2. The van der Waals surface area contributed by atoms with E-state index in [4.69, 9.17) is 27.8 Å². The molecule has 2 heterocycles. The van der Waals surface area contributed by atoms with E-state index in [9.17, 15) is 0 Å². The lowest BCUT2D eigenvalue weighted by atomic mass is 9.88. The number of nitrogens with zero attached hydrogens (tertiary/aromatic N) is 2.